The summed E-state index contributed by atoms with van der Waals surface area (Å²) >= 11 is 0. The van der Waals surface area contributed by atoms with Crippen LogP contribution in [0.5, 0.6) is 5.75 Å². The summed E-state index contributed by atoms with van der Waals surface area (Å²) in [5.74, 6) is -8.87. The molecule has 0 spiro atoms. The van der Waals surface area contributed by atoms with Crippen molar-refractivity contribution in [3.05, 3.63) is 35.4 Å². The fraction of sp³-hybridized carbons (Fsp3) is 0. The molecule has 0 unspecified atom stereocenters. The SMILES string of the molecule is [CH+]=Cc1c(F)c(F)c(O)c(F)c1F. The first kappa shape index (κ1) is 9.48. The predicted octanol–water partition coefficient (Wildman–Crippen LogP) is 2.39. The van der Waals surface area contributed by atoms with Gasteiger partial charge in [-0.15, -0.1) is 0 Å². The van der Waals surface area contributed by atoms with Gasteiger partial charge in [-0.1, -0.05) is 0 Å². The number of hydrogen-bond acceptors (Lipinski definition) is 1. The molecule has 0 aliphatic heterocycles. The van der Waals surface area contributed by atoms with E-state index in [1.54, 1.807) is 0 Å². The monoisotopic (exact) mass is 191 g/mol. The highest BCUT2D eigenvalue weighted by Gasteiger charge is 2.29. The zero-order valence-corrected chi connectivity index (χ0v) is 6.11. The van der Waals surface area contributed by atoms with Crippen molar-refractivity contribution in [2.75, 3.05) is 0 Å². The molecule has 0 aromatic heterocycles. The maximum absolute atomic E-state index is 12.7. The fourth-order valence-electron chi connectivity index (χ4n) is 0.783. The van der Waals surface area contributed by atoms with E-state index in [-0.39, 0.29) is 0 Å². The Hall–Kier alpha value is -1.61. The minimum Gasteiger partial charge on any atom is -0.503 e. The van der Waals surface area contributed by atoms with E-state index >= 15 is 0 Å². The lowest BCUT2D eigenvalue weighted by atomic mass is 10.1. The van der Waals surface area contributed by atoms with Gasteiger partial charge in [0.25, 0.3) is 11.6 Å². The zero-order chi connectivity index (χ0) is 10.2. The average Bonchev–Trinajstić information content (AvgIpc) is 2.13. The minimum absolute atomic E-state index is 0.371. The molecule has 13 heavy (non-hydrogen) atoms. The van der Waals surface area contributed by atoms with Crippen LogP contribution in [0.1, 0.15) is 5.56 Å². The first-order valence-corrected chi connectivity index (χ1v) is 3.10. The number of phenolic OH excluding ortho intramolecular Hbond substituents is 1. The van der Waals surface area contributed by atoms with Crippen LogP contribution in [-0.2, 0) is 0 Å². The van der Waals surface area contributed by atoms with Crippen LogP contribution in [0.3, 0.4) is 0 Å². The lowest BCUT2D eigenvalue weighted by molar-refractivity contribution is 0.355. The molecule has 0 radical (unpaired) electrons. The van der Waals surface area contributed by atoms with Crippen LogP contribution in [0.2, 0.25) is 0 Å². The maximum atomic E-state index is 12.7. The normalized spacial score (nSPS) is 10.1. The summed E-state index contributed by atoms with van der Waals surface area (Å²) in [5, 5.41) is 8.50. The molecular weight excluding hydrogens is 188 g/mol. The molecule has 1 aromatic carbocycles. The Morgan fingerprint density at radius 3 is 1.62 bits per heavy atom. The van der Waals surface area contributed by atoms with Gasteiger partial charge in [0.1, 0.15) is 0 Å². The molecule has 1 N–H and O–H groups in total. The number of rotatable bonds is 1. The lowest BCUT2D eigenvalue weighted by Gasteiger charge is -1.98. The standard InChI is InChI=1S/C8H2F4O/c1-2-3-4(9)6(11)8(13)7(12)5(3)10/h1-2H/p+1. The number of hydrogen-bond donors (Lipinski definition) is 1. The van der Waals surface area contributed by atoms with Crippen molar-refractivity contribution < 1.29 is 22.7 Å². The van der Waals surface area contributed by atoms with E-state index in [2.05, 4.69) is 0 Å². The minimum atomic E-state index is -1.87. The topological polar surface area (TPSA) is 20.2 Å². The van der Waals surface area contributed by atoms with E-state index in [4.69, 9.17) is 11.7 Å². The number of phenols is 1. The summed E-state index contributed by atoms with van der Waals surface area (Å²) in [7, 11) is 0. The van der Waals surface area contributed by atoms with Crippen LogP contribution in [0.25, 0.3) is 6.08 Å². The Bertz CT molecular complexity index is 344. The van der Waals surface area contributed by atoms with Gasteiger partial charge >= 0.3 is 0 Å². The summed E-state index contributed by atoms with van der Waals surface area (Å²) < 4.78 is 50.3. The molecule has 0 atom stereocenters. The van der Waals surface area contributed by atoms with Gasteiger partial charge in [-0.05, 0) is 0 Å². The van der Waals surface area contributed by atoms with E-state index in [0.717, 1.165) is 0 Å². The Kier molecular flexibility index (Phi) is 2.21. The van der Waals surface area contributed by atoms with E-state index in [9.17, 15) is 17.6 Å². The van der Waals surface area contributed by atoms with Crippen molar-refractivity contribution in [1.29, 1.82) is 0 Å². The maximum Gasteiger partial charge on any atom is 0.255 e. The second-order valence-corrected chi connectivity index (χ2v) is 2.18. The third-order valence-electron chi connectivity index (χ3n) is 1.44. The van der Waals surface area contributed by atoms with Gasteiger partial charge in [-0.25, -0.2) is 0 Å². The summed E-state index contributed by atoms with van der Waals surface area (Å²) in [6.07, 6.45) is 0.371. The molecule has 0 bridgehead atoms. The quantitative estimate of drug-likeness (QED) is 0.410. The van der Waals surface area contributed by atoms with Crippen LogP contribution < -0.4 is 0 Å². The third kappa shape index (κ3) is 1.23. The fourth-order valence-corrected chi connectivity index (χ4v) is 0.783. The van der Waals surface area contributed by atoms with Crippen molar-refractivity contribution in [2.24, 2.45) is 0 Å². The van der Waals surface area contributed by atoms with Gasteiger partial charge < -0.3 is 5.11 Å². The summed E-state index contributed by atoms with van der Waals surface area (Å²) in [5.41, 5.74) is -1.05. The van der Waals surface area contributed by atoms with E-state index in [1.807, 2.05) is 0 Å². The van der Waals surface area contributed by atoms with Crippen molar-refractivity contribution in [3.63, 3.8) is 0 Å². The highest BCUT2D eigenvalue weighted by molar-refractivity contribution is 5.50. The first-order valence-electron chi connectivity index (χ1n) is 3.10. The number of halogens is 4. The largest absolute Gasteiger partial charge is 0.503 e. The van der Waals surface area contributed by atoms with Gasteiger partial charge in [-0.3, -0.25) is 0 Å². The summed E-state index contributed by atoms with van der Waals surface area (Å²) in [4.78, 5) is 0. The molecule has 0 heterocycles. The molecule has 0 aliphatic rings. The van der Waals surface area contributed by atoms with E-state index in [1.165, 1.54) is 0 Å². The highest BCUT2D eigenvalue weighted by Crippen LogP contribution is 2.28. The Morgan fingerprint density at radius 1 is 0.923 bits per heavy atom. The number of aromatic hydroxyl groups is 1. The highest BCUT2D eigenvalue weighted by atomic mass is 19.2. The van der Waals surface area contributed by atoms with E-state index in [0.29, 0.717) is 6.08 Å². The van der Waals surface area contributed by atoms with Gasteiger partial charge in [-0.2, -0.15) is 17.6 Å². The van der Waals surface area contributed by atoms with E-state index < -0.39 is 34.6 Å². The first-order chi connectivity index (χ1) is 6.00. The average molecular weight is 191 g/mol. The lowest BCUT2D eigenvalue weighted by Crippen LogP contribution is -1.99. The van der Waals surface area contributed by atoms with Gasteiger partial charge in [0, 0.05) is 6.58 Å². The second-order valence-electron chi connectivity index (χ2n) is 2.18. The molecule has 0 saturated heterocycles. The van der Waals surface area contributed by atoms with Crippen LogP contribution >= 0.6 is 0 Å². The predicted molar refractivity (Wildman–Crippen MR) is 36.7 cm³/mol. The molecule has 0 amide bonds. The summed E-state index contributed by atoms with van der Waals surface area (Å²) in [6, 6.07) is 0. The Balaban J connectivity index is 3.66. The molecule has 0 saturated carbocycles. The van der Waals surface area contributed by atoms with Gasteiger partial charge in [0.2, 0.25) is 11.6 Å². The van der Waals surface area contributed by atoms with Crippen LogP contribution in [-0.4, -0.2) is 5.11 Å². The molecule has 0 fully saturated rings. The van der Waals surface area contributed by atoms with Crippen molar-refractivity contribution in [1.82, 2.24) is 0 Å². The smallest absolute Gasteiger partial charge is 0.255 e. The Labute approximate surface area is 70.9 Å². The van der Waals surface area contributed by atoms with Gasteiger partial charge in [0.15, 0.2) is 17.4 Å². The molecular formula is C8H3F4O+. The van der Waals surface area contributed by atoms with Crippen LogP contribution in [0.15, 0.2) is 0 Å². The summed E-state index contributed by atoms with van der Waals surface area (Å²) in [6.45, 7) is 4.72. The van der Waals surface area contributed by atoms with Crippen molar-refractivity contribution in [3.8, 4) is 5.75 Å². The van der Waals surface area contributed by atoms with Crippen molar-refractivity contribution >= 4 is 6.08 Å². The second kappa shape index (κ2) is 3.03. The molecule has 1 nitrogen and oxygen atoms in total. The molecule has 5 heteroatoms. The molecule has 0 aliphatic carbocycles. The van der Waals surface area contributed by atoms with Crippen LogP contribution in [0, 0.1) is 29.8 Å². The number of benzene rings is 1. The Morgan fingerprint density at radius 2 is 1.31 bits per heavy atom. The molecule has 1 aromatic rings. The molecule has 1 rings (SSSR count). The third-order valence-corrected chi connectivity index (χ3v) is 1.44. The van der Waals surface area contributed by atoms with Gasteiger partial charge in [0.05, 0.1) is 0 Å². The molecule has 68 valence electrons. The zero-order valence-electron chi connectivity index (χ0n) is 6.11. The van der Waals surface area contributed by atoms with Crippen LogP contribution in [0.4, 0.5) is 17.6 Å². The van der Waals surface area contributed by atoms with Crippen molar-refractivity contribution in [2.45, 2.75) is 0 Å².